The fourth-order valence-corrected chi connectivity index (χ4v) is 2.07. The van der Waals surface area contributed by atoms with Crippen LogP contribution >= 0.6 is 0 Å². The summed E-state index contributed by atoms with van der Waals surface area (Å²) in [5.74, 6) is 2.36. The maximum atomic E-state index is 11.8. The van der Waals surface area contributed by atoms with Crippen LogP contribution in [0.25, 0.3) is 0 Å². The van der Waals surface area contributed by atoms with Gasteiger partial charge >= 0.3 is 6.03 Å². The van der Waals surface area contributed by atoms with E-state index in [2.05, 4.69) is 10.6 Å². The van der Waals surface area contributed by atoms with Gasteiger partial charge in [-0.2, -0.15) is 0 Å². The zero-order valence-corrected chi connectivity index (χ0v) is 12.0. The van der Waals surface area contributed by atoms with Gasteiger partial charge in [0, 0.05) is 11.8 Å². The molecule has 3 rings (SSSR count). The number of aliphatic hydroxyl groups is 1. The van der Waals surface area contributed by atoms with Gasteiger partial charge in [-0.3, -0.25) is 0 Å². The number of ether oxygens (including phenoxy) is 2. The molecule has 1 aromatic heterocycles. The summed E-state index contributed by atoms with van der Waals surface area (Å²) in [5, 5.41) is 15.1. The van der Waals surface area contributed by atoms with E-state index in [4.69, 9.17) is 13.9 Å². The van der Waals surface area contributed by atoms with Crippen LogP contribution < -0.4 is 20.1 Å². The quantitative estimate of drug-likeness (QED) is 0.805. The number of aliphatic hydroxyl groups excluding tert-OH is 1. The van der Waals surface area contributed by atoms with Crippen LogP contribution in [0.2, 0.25) is 0 Å². The number of fused-ring (bicyclic) bond motifs is 1. The van der Waals surface area contributed by atoms with Crippen LogP contribution in [-0.2, 0) is 0 Å². The minimum absolute atomic E-state index is 0.0450. The lowest BCUT2D eigenvalue weighted by Crippen LogP contribution is -2.32. The molecule has 0 aliphatic carbocycles. The number of nitrogens with one attached hydrogen (secondary N) is 2. The minimum atomic E-state index is -0.892. The van der Waals surface area contributed by atoms with E-state index in [0.29, 0.717) is 28.7 Å². The zero-order chi connectivity index (χ0) is 15.5. The molecule has 0 radical (unpaired) electrons. The summed E-state index contributed by atoms with van der Waals surface area (Å²) in [6.07, 6.45) is -0.892. The topological polar surface area (TPSA) is 93.0 Å². The molecule has 7 heteroatoms. The van der Waals surface area contributed by atoms with Crippen LogP contribution in [0.3, 0.4) is 0 Å². The predicted octanol–water partition coefficient (Wildman–Crippen LogP) is 2.17. The van der Waals surface area contributed by atoms with Crippen molar-refractivity contribution in [1.82, 2.24) is 5.32 Å². The summed E-state index contributed by atoms with van der Waals surface area (Å²) in [7, 11) is 0. The van der Waals surface area contributed by atoms with Crippen LogP contribution in [0, 0.1) is 6.92 Å². The number of furan rings is 1. The maximum absolute atomic E-state index is 11.8. The van der Waals surface area contributed by atoms with Crippen molar-refractivity contribution in [1.29, 1.82) is 0 Å². The highest BCUT2D eigenvalue weighted by Crippen LogP contribution is 2.34. The molecule has 2 aromatic rings. The summed E-state index contributed by atoms with van der Waals surface area (Å²) in [6.45, 7) is 2.01. The molecule has 3 N–H and O–H groups in total. The minimum Gasteiger partial charge on any atom is -0.464 e. The number of hydrogen-bond acceptors (Lipinski definition) is 5. The smallest absolute Gasteiger partial charge is 0.319 e. The van der Waals surface area contributed by atoms with Gasteiger partial charge in [0.15, 0.2) is 11.5 Å². The van der Waals surface area contributed by atoms with Gasteiger partial charge in [-0.1, -0.05) is 0 Å². The third-order valence-corrected chi connectivity index (χ3v) is 3.18. The Kier molecular flexibility index (Phi) is 3.88. The predicted molar refractivity (Wildman–Crippen MR) is 78.0 cm³/mol. The maximum Gasteiger partial charge on any atom is 0.319 e. The third-order valence-electron chi connectivity index (χ3n) is 3.18. The van der Waals surface area contributed by atoms with Crippen LogP contribution in [0.5, 0.6) is 11.5 Å². The summed E-state index contributed by atoms with van der Waals surface area (Å²) in [6, 6.07) is 8.11. The van der Waals surface area contributed by atoms with Gasteiger partial charge in [-0.25, -0.2) is 4.79 Å². The van der Waals surface area contributed by atoms with Crippen molar-refractivity contribution in [2.24, 2.45) is 0 Å². The Bertz CT molecular complexity index is 682. The Hall–Kier alpha value is -2.67. The van der Waals surface area contributed by atoms with E-state index in [-0.39, 0.29) is 13.3 Å². The molecule has 1 atom stereocenters. The lowest BCUT2D eigenvalue weighted by Gasteiger charge is -2.11. The number of carbonyl (C=O) groups excluding carboxylic acids is 1. The van der Waals surface area contributed by atoms with E-state index >= 15 is 0 Å². The third kappa shape index (κ3) is 3.15. The molecule has 116 valence electrons. The molecule has 2 amide bonds. The van der Waals surface area contributed by atoms with Crippen LogP contribution in [-0.4, -0.2) is 24.5 Å². The summed E-state index contributed by atoms with van der Waals surface area (Å²) >= 11 is 0. The fourth-order valence-electron chi connectivity index (χ4n) is 2.07. The molecule has 7 nitrogen and oxygen atoms in total. The SMILES string of the molecule is Cc1ccc(C(O)CNC(=O)Nc2ccc3c(c2)OCO3)o1. The first kappa shape index (κ1) is 14.3. The Balaban J connectivity index is 1.52. The first-order valence-corrected chi connectivity index (χ1v) is 6.81. The molecule has 1 aromatic carbocycles. The van der Waals surface area contributed by atoms with Gasteiger partial charge in [0.05, 0.1) is 6.54 Å². The molecule has 0 saturated heterocycles. The molecule has 0 saturated carbocycles. The molecule has 0 spiro atoms. The van der Waals surface area contributed by atoms with E-state index < -0.39 is 12.1 Å². The lowest BCUT2D eigenvalue weighted by molar-refractivity contribution is 0.148. The van der Waals surface area contributed by atoms with Gasteiger partial charge in [0.1, 0.15) is 17.6 Å². The van der Waals surface area contributed by atoms with Crippen LogP contribution in [0.4, 0.5) is 10.5 Å². The highest BCUT2D eigenvalue weighted by molar-refractivity contribution is 5.89. The van der Waals surface area contributed by atoms with Crippen molar-refractivity contribution in [3.63, 3.8) is 0 Å². The van der Waals surface area contributed by atoms with E-state index in [1.165, 1.54) is 0 Å². The molecule has 0 fully saturated rings. The second-order valence-electron chi connectivity index (χ2n) is 4.87. The van der Waals surface area contributed by atoms with Crippen molar-refractivity contribution >= 4 is 11.7 Å². The van der Waals surface area contributed by atoms with Crippen molar-refractivity contribution in [3.05, 3.63) is 41.9 Å². The number of benzene rings is 1. The van der Waals surface area contributed by atoms with Crippen molar-refractivity contribution < 1.29 is 23.8 Å². The first-order chi connectivity index (χ1) is 10.6. The second kappa shape index (κ2) is 5.98. The Labute approximate surface area is 126 Å². The number of aryl methyl sites for hydroxylation is 1. The van der Waals surface area contributed by atoms with E-state index in [1.54, 1.807) is 37.3 Å². The molecule has 1 aliphatic rings. The van der Waals surface area contributed by atoms with Gasteiger partial charge in [0.2, 0.25) is 6.79 Å². The number of carbonyl (C=O) groups is 1. The van der Waals surface area contributed by atoms with Crippen molar-refractivity contribution in [2.45, 2.75) is 13.0 Å². The van der Waals surface area contributed by atoms with Crippen molar-refractivity contribution in [2.75, 3.05) is 18.7 Å². The van der Waals surface area contributed by atoms with Crippen LogP contribution in [0.1, 0.15) is 17.6 Å². The summed E-state index contributed by atoms with van der Waals surface area (Å²) in [4.78, 5) is 11.8. The standard InChI is InChI=1S/C15H16N2O5/c1-9-2-4-12(22-9)11(18)7-16-15(19)17-10-3-5-13-14(6-10)21-8-20-13/h2-6,11,18H,7-8H2,1H3,(H2,16,17,19). The van der Waals surface area contributed by atoms with Gasteiger partial charge in [-0.05, 0) is 31.2 Å². The summed E-state index contributed by atoms with van der Waals surface area (Å²) in [5.41, 5.74) is 0.574. The number of rotatable bonds is 4. The molecule has 1 unspecified atom stereocenters. The van der Waals surface area contributed by atoms with E-state index in [1.807, 2.05) is 0 Å². The van der Waals surface area contributed by atoms with E-state index in [9.17, 15) is 9.90 Å². The molecular formula is C15H16N2O5. The van der Waals surface area contributed by atoms with E-state index in [0.717, 1.165) is 0 Å². The van der Waals surface area contributed by atoms with Gasteiger partial charge < -0.3 is 29.6 Å². The van der Waals surface area contributed by atoms with Crippen molar-refractivity contribution in [3.8, 4) is 11.5 Å². The number of hydrogen-bond donors (Lipinski definition) is 3. The molecule has 2 heterocycles. The van der Waals surface area contributed by atoms with Gasteiger partial charge in [-0.15, -0.1) is 0 Å². The highest BCUT2D eigenvalue weighted by atomic mass is 16.7. The molecular weight excluding hydrogens is 288 g/mol. The number of anilines is 1. The lowest BCUT2D eigenvalue weighted by atomic mass is 10.2. The fraction of sp³-hybridized carbons (Fsp3) is 0.267. The zero-order valence-electron chi connectivity index (χ0n) is 12.0. The Morgan fingerprint density at radius 1 is 1.27 bits per heavy atom. The molecule has 0 bridgehead atoms. The second-order valence-corrected chi connectivity index (χ2v) is 4.87. The summed E-state index contributed by atoms with van der Waals surface area (Å²) < 4.78 is 15.7. The number of urea groups is 1. The van der Waals surface area contributed by atoms with Gasteiger partial charge in [0.25, 0.3) is 0 Å². The molecule has 22 heavy (non-hydrogen) atoms. The Morgan fingerprint density at radius 3 is 2.86 bits per heavy atom. The Morgan fingerprint density at radius 2 is 2.09 bits per heavy atom. The average Bonchev–Trinajstić information content (AvgIpc) is 3.13. The highest BCUT2D eigenvalue weighted by Gasteiger charge is 2.15. The number of amides is 2. The first-order valence-electron chi connectivity index (χ1n) is 6.81. The normalized spacial score (nSPS) is 13.7. The largest absolute Gasteiger partial charge is 0.464 e. The molecule has 1 aliphatic heterocycles. The van der Waals surface area contributed by atoms with Crippen LogP contribution in [0.15, 0.2) is 34.7 Å². The average molecular weight is 304 g/mol. The monoisotopic (exact) mass is 304 g/mol.